The Morgan fingerprint density at radius 2 is 1.81 bits per heavy atom. The van der Waals surface area contributed by atoms with Gasteiger partial charge in [0, 0.05) is 42.7 Å². The number of benzene rings is 1. The second-order valence-corrected chi connectivity index (χ2v) is 12.1. The fourth-order valence-corrected chi connectivity index (χ4v) is 5.69. The van der Waals surface area contributed by atoms with Crippen molar-refractivity contribution in [3.8, 4) is 5.75 Å². The molecule has 2 aromatic rings. The number of aromatic nitrogens is 1. The molecule has 36 heavy (non-hydrogen) atoms. The minimum Gasteiger partial charge on any atom is -0.496 e. The van der Waals surface area contributed by atoms with Gasteiger partial charge in [0.05, 0.1) is 19.8 Å². The summed E-state index contributed by atoms with van der Waals surface area (Å²) in [4.78, 5) is 33.7. The molecule has 1 aromatic carbocycles. The average molecular weight is 519 g/mol. The van der Waals surface area contributed by atoms with Crippen LogP contribution in [0, 0.1) is 11.8 Å². The maximum absolute atomic E-state index is 14.2. The van der Waals surface area contributed by atoms with Crippen LogP contribution in [0.1, 0.15) is 68.5 Å². The van der Waals surface area contributed by atoms with Crippen LogP contribution in [0.5, 0.6) is 5.75 Å². The molecule has 1 saturated heterocycles. The molecule has 2 heterocycles. The lowest BCUT2D eigenvalue weighted by atomic mass is 9.85. The number of likely N-dealkylation sites (tertiary alicyclic amines) is 1. The molecule has 4 atom stereocenters. The number of methoxy groups -OCH3 is 2. The number of esters is 1. The molecular formula is C27H38N2O6S. The van der Waals surface area contributed by atoms with Crippen LogP contribution in [0.2, 0.25) is 0 Å². The highest BCUT2D eigenvalue weighted by molar-refractivity contribution is 7.09. The van der Waals surface area contributed by atoms with E-state index in [2.05, 4.69) is 25.8 Å². The van der Waals surface area contributed by atoms with Crippen molar-refractivity contribution in [3.63, 3.8) is 0 Å². The van der Waals surface area contributed by atoms with E-state index in [0.717, 1.165) is 5.56 Å². The van der Waals surface area contributed by atoms with Gasteiger partial charge in [0.25, 0.3) is 5.91 Å². The lowest BCUT2D eigenvalue weighted by Gasteiger charge is -2.32. The minimum absolute atomic E-state index is 0.186. The Morgan fingerprint density at radius 3 is 2.31 bits per heavy atom. The van der Waals surface area contributed by atoms with Crippen molar-refractivity contribution in [3.05, 3.63) is 45.9 Å². The topological polar surface area (TPSA) is 98.2 Å². The molecule has 0 saturated carbocycles. The van der Waals surface area contributed by atoms with E-state index in [0.29, 0.717) is 16.3 Å². The molecule has 1 aliphatic rings. The number of hydrogen-bond acceptors (Lipinski definition) is 8. The summed E-state index contributed by atoms with van der Waals surface area (Å²) in [5.74, 6) is -1.27. The van der Waals surface area contributed by atoms with Crippen molar-refractivity contribution in [2.24, 2.45) is 11.8 Å². The number of amides is 1. The SMILES string of the molecule is COC[C@H]1[C@H](CO)C(C(=O)OC(C)(C)C)N(C(=O)c2ccc(C(C)(C)C)c(OC)c2)[C@H]1c1nccs1. The third-order valence-electron chi connectivity index (χ3n) is 6.37. The summed E-state index contributed by atoms with van der Waals surface area (Å²) in [7, 11) is 3.14. The largest absolute Gasteiger partial charge is 0.496 e. The first-order valence-corrected chi connectivity index (χ1v) is 12.9. The molecule has 8 nitrogen and oxygen atoms in total. The van der Waals surface area contributed by atoms with Gasteiger partial charge < -0.3 is 24.2 Å². The van der Waals surface area contributed by atoms with Gasteiger partial charge in [-0.3, -0.25) is 4.79 Å². The van der Waals surface area contributed by atoms with E-state index in [1.54, 1.807) is 53.3 Å². The summed E-state index contributed by atoms with van der Waals surface area (Å²) < 4.78 is 16.9. The van der Waals surface area contributed by atoms with Gasteiger partial charge in [-0.1, -0.05) is 26.8 Å². The van der Waals surface area contributed by atoms with Crippen LogP contribution in [-0.4, -0.2) is 65.9 Å². The maximum atomic E-state index is 14.2. The molecule has 9 heteroatoms. The monoisotopic (exact) mass is 518 g/mol. The van der Waals surface area contributed by atoms with Gasteiger partial charge in [0.2, 0.25) is 0 Å². The molecule has 1 aromatic heterocycles. The molecule has 198 valence electrons. The van der Waals surface area contributed by atoms with E-state index in [1.165, 1.54) is 16.2 Å². The van der Waals surface area contributed by atoms with Gasteiger partial charge in [0.1, 0.15) is 22.4 Å². The summed E-state index contributed by atoms with van der Waals surface area (Å²) in [5, 5.41) is 12.9. The van der Waals surface area contributed by atoms with Crippen LogP contribution >= 0.6 is 11.3 Å². The van der Waals surface area contributed by atoms with Crippen LogP contribution in [-0.2, 0) is 19.7 Å². The zero-order valence-electron chi connectivity index (χ0n) is 22.4. The molecule has 1 fully saturated rings. The number of ether oxygens (including phenoxy) is 3. The predicted octanol–water partition coefficient (Wildman–Crippen LogP) is 4.23. The number of aliphatic hydroxyl groups excluding tert-OH is 1. The fraction of sp³-hybridized carbons (Fsp3) is 0.593. The molecule has 0 radical (unpaired) electrons. The van der Waals surface area contributed by atoms with Crippen molar-refractivity contribution in [2.45, 2.75) is 64.6 Å². The Morgan fingerprint density at radius 1 is 1.11 bits per heavy atom. The molecule has 0 bridgehead atoms. The van der Waals surface area contributed by atoms with Crippen molar-refractivity contribution in [1.82, 2.24) is 9.88 Å². The Balaban J connectivity index is 2.17. The van der Waals surface area contributed by atoms with E-state index < -0.39 is 29.6 Å². The van der Waals surface area contributed by atoms with Crippen LogP contribution in [0.4, 0.5) is 0 Å². The highest BCUT2D eigenvalue weighted by Crippen LogP contribution is 2.47. The van der Waals surface area contributed by atoms with Crippen molar-refractivity contribution in [1.29, 1.82) is 0 Å². The Hall–Kier alpha value is -2.49. The first-order valence-electron chi connectivity index (χ1n) is 12.1. The number of aliphatic hydroxyl groups is 1. The van der Waals surface area contributed by atoms with Crippen LogP contribution in [0.25, 0.3) is 0 Å². The summed E-state index contributed by atoms with van der Waals surface area (Å²) in [6, 6.07) is 3.78. The van der Waals surface area contributed by atoms with Crippen LogP contribution < -0.4 is 4.74 Å². The number of rotatable bonds is 7. The smallest absolute Gasteiger partial charge is 0.329 e. The third-order valence-corrected chi connectivity index (χ3v) is 7.22. The molecule has 3 rings (SSSR count). The first-order chi connectivity index (χ1) is 16.8. The number of hydrogen-bond donors (Lipinski definition) is 1. The van der Waals surface area contributed by atoms with Gasteiger partial charge in [-0.05, 0) is 43.9 Å². The average Bonchev–Trinajstić information content (AvgIpc) is 3.42. The quantitative estimate of drug-likeness (QED) is 0.548. The molecule has 0 aliphatic carbocycles. The van der Waals surface area contributed by atoms with Crippen molar-refractivity contribution >= 4 is 23.2 Å². The predicted molar refractivity (Wildman–Crippen MR) is 138 cm³/mol. The Kier molecular flexibility index (Phi) is 8.48. The van der Waals surface area contributed by atoms with Gasteiger partial charge in [0.15, 0.2) is 0 Å². The van der Waals surface area contributed by atoms with E-state index in [-0.39, 0.29) is 30.5 Å². The highest BCUT2D eigenvalue weighted by Gasteiger charge is 2.56. The zero-order valence-corrected chi connectivity index (χ0v) is 23.2. The number of carbonyl (C=O) groups excluding carboxylic acids is 2. The molecule has 1 N–H and O–H groups in total. The Labute approximate surface area is 217 Å². The molecule has 1 aliphatic heterocycles. The second kappa shape index (κ2) is 10.9. The minimum atomic E-state index is -1.01. The normalized spacial score (nSPS) is 22.5. The van der Waals surface area contributed by atoms with Crippen LogP contribution in [0.15, 0.2) is 29.8 Å². The third kappa shape index (κ3) is 5.74. The summed E-state index contributed by atoms with van der Waals surface area (Å²) in [6.45, 7) is 11.5. The molecule has 0 spiro atoms. The molecule has 1 amide bonds. The Bertz CT molecular complexity index is 1060. The van der Waals surface area contributed by atoms with Crippen molar-refractivity contribution < 1.29 is 28.9 Å². The fourth-order valence-electron chi connectivity index (χ4n) is 4.88. The zero-order chi connectivity index (χ0) is 26.8. The van der Waals surface area contributed by atoms with Gasteiger partial charge in [-0.25, -0.2) is 9.78 Å². The number of thiazole rings is 1. The van der Waals surface area contributed by atoms with E-state index in [4.69, 9.17) is 14.2 Å². The lowest BCUT2D eigenvalue weighted by Crippen LogP contribution is -2.47. The summed E-state index contributed by atoms with van der Waals surface area (Å²) in [5.41, 5.74) is 0.395. The maximum Gasteiger partial charge on any atom is 0.329 e. The molecular weight excluding hydrogens is 480 g/mol. The van der Waals surface area contributed by atoms with E-state index in [9.17, 15) is 14.7 Å². The standard InChI is InChI=1S/C27H38N2O6S/c1-26(2,3)19-10-9-16(13-20(19)34-8)24(31)29-21(23-28-11-12-36-23)18(15-33-7)17(14-30)22(29)25(32)35-27(4,5)6/h9-13,17-18,21-22,30H,14-15H2,1-8H3/t17-,18-,21+,22?/m0/s1. The molecule has 1 unspecified atom stereocenters. The van der Waals surface area contributed by atoms with Crippen LogP contribution in [0.3, 0.4) is 0 Å². The van der Waals surface area contributed by atoms with E-state index >= 15 is 0 Å². The van der Waals surface area contributed by atoms with Gasteiger partial charge in [-0.15, -0.1) is 11.3 Å². The van der Waals surface area contributed by atoms with E-state index in [1.807, 2.05) is 11.4 Å². The van der Waals surface area contributed by atoms with Crippen molar-refractivity contribution in [2.75, 3.05) is 27.4 Å². The van der Waals surface area contributed by atoms with Gasteiger partial charge in [-0.2, -0.15) is 0 Å². The highest BCUT2D eigenvalue weighted by atomic mass is 32.1. The summed E-state index contributed by atoms with van der Waals surface area (Å²) in [6.07, 6.45) is 1.67. The second-order valence-electron chi connectivity index (χ2n) is 11.1. The lowest BCUT2D eigenvalue weighted by molar-refractivity contribution is -0.161. The van der Waals surface area contributed by atoms with Gasteiger partial charge >= 0.3 is 5.97 Å². The first kappa shape index (κ1) is 28.1. The number of nitrogens with zero attached hydrogens (tertiary/aromatic N) is 2. The summed E-state index contributed by atoms with van der Waals surface area (Å²) >= 11 is 1.40. The number of carbonyl (C=O) groups is 2.